The largest absolute Gasteiger partial charge is 0.495 e. The predicted octanol–water partition coefficient (Wildman–Crippen LogP) is 2.82. The van der Waals surface area contributed by atoms with Crippen LogP contribution in [0.1, 0.15) is 11.1 Å². The van der Waals surface area contributed by atoms with Crippen LogP contribution in [0.15, 0.2) is 77.9 Å². The van der Waals surface area contributed by atoms with Gasteiger partial charge in [-0.05, 0) is 61.0 Å². The Morgan fingerprint density at radius 2 is 1.62 bits per heavy atom. The molecule has 1 saturated heterocycles. The second-order valence-electron chi connectivity index (χ2n) is 8.92. The van der Waals surface area contributed by atoms with Crippen molar-refractivity contribution in [2.45, 2.75) is 6.92 Å². The Bertz CT molecular complexity index is 1320. The van der Waals surface area contributed by atoms with E-state index in [0.717, 1.165) is 17.0 Å². The molecule has 202 valence electrons. The van der Waals surface area contributed by atoms with Gasteiger partial charge in [0.25, 0.3) is 5.91 Å². The Morgan fingerprint density at radius 3 is 2.31 bits per heavy atom. The molecule has 0 aliphatic carbocycles. The van der Waals surface area contributed by atoms with E-state index in [0.29, 0.717) is 43.2 Å². The molecule has 3 aromatic rings. The zero-order valence-corrected chi connectivity index (χ0v) is 21.9. The van der Waals surface area contributed by atoms with E-state index in [1.54, 1.807) is 31.4 Å². The van der Waals surface area contributed by atoms with Gasteiger partial charge in [0.1, 0.15) is 11.5 Å². The highest BCUT2D eigenvalue weighted by molar-refractivity contribution is 6.35. The van der Waals surface area contributed by atoms with Crippen molar-refractivity contribution in [3.63, 3.8) is 0 Å². The zero-order valence-electron chi connectivity index (χ0n) is 21.9. The highest BCUT2D eigenvalue weighted by Crippen LogP contribution is 2.28. The number of benzene rings is 3. The average Bonchev–Trinajstić information content (AvgIpc) is 2.97. The summed E-state index contributed by atoms with van der Waals surface area (Å²) in [5.74, 6) is -0.403. The van der Waals surface area contributed by atoms with E-state index in [1.165, 1.54) is 11.1 Å². The molecule has 39 heavy (non-hydrogen) atoms. The molecule has 10 heteroatoms. The smallest absolute Gasteiger partial charge is 0.329 e. The lowest BCUT2D eigenvalue weighted by atomic mass is 10.2. The van der Waals surface area contributed by atoms with Crippen molar-refractivity contribution >= 4 is 35.3 Å². The topological polar surface area (TPSA) is 113 Å². The van der Waals surface area contributed by atoms with Crippen molar-refractivity contribution in [3.8, 4) is 11.5 Å². The van der Waals surface area contributed by atoms with Crippen LogP contribution in [0.4, 0.5) is 11.4 Å². The van der Waals surface area contributed by atoms with E-state index >= 15 is 0 Å². The van der Waals surface area contributed by atoms with E-state index < -0.39 is 11.8 Å². The summed E-state index contributed by atoms with van der Waals surface area (Å²) in [6.07, 6.45) is 1.43. The number of anilines is 2. The third kappa shape index (κ3) is 7.57. The number of piperazine rings is 1. The molecule has 2 N–H and O–H groups in total. The number of hydrazone groups is 1. The molecule has 3 aromatic carbocycles. The molecule has 1 fully saturated rings. The number of nitrogens with one attached hydrogen (secondary N) is 2. The molecule has 1 aliphatic heterocycles. The number of methoxy groups -OCH3 is 1. The molecule has 1 aliphatic rings. The zero-order chi connectivity index (χ0) is 27.6. The van der Waals surface area contributed by atoms with Crippen LogP contribution in [-0.2, 0) is 14.4 Å². The standard InChI is InChI=1S/C29H31N5O5/c1-21-7-11-23(12-8-21)31-27(35)20-39-24-13-9-22(10-14-24)19-30-32-28(36)29(37)34-17-15-33(16-18-34)25-5-3-4-6-26(25)38-2/h3-14,19H,15-18,20H2,1-2H3,(H,31,35)(H,32,36)/b30-19-. The van der Waals surface area contributed by atoms with Crippen LogP contribution >= 0.6 is 0 Å². The summed E-state index contributed by atoms with van der Waals surface area (Å²) in [6, 6.07) is 22.0. The maximum atomic E-state index is 12.6. The van der Waals surface area contributed by atoms with Gasteiger partial charge in [0.2, 0.25) is 0 Å². The molecule has 1 heterocycles. The summed E-state index contributed by atoms with van der Waals surface area (Å²) in [6.45, 7) is 3.85. The van der Waals surface area contributed by atoms with Crippen LogP contribution in [0.25, 0.3) is 0 Å². The van der Waals surface area contributed by atoms with E-state index in [2.05, 4.69) is 20.7 Å². The number of para-hydroxylation sites is 2. The quantitative estimate of drug-likeness (QED) is 0.264. The second kappa shape index (κ2) is 13.1. The van der Waals surface area contributed by atoms with Crippen molar-refractivity contribution in [3.05, 3.63) is 83.9 Å². The molecule has 0 unspecified atom stereocenters. The number of rotatable bonds is 8. The Kier molecular flexibility index (Phi) is 9.12. The first-order chi connectivity index (χ1) is 18.9. The van der Waals surface area contributed by atoms with E-state index in [1.807, 2.05) is 55.5 Å². The van der Waals surface area contributed by atoms with Crippen LogP contribution in [0.3, 0.4) is 0 Å². The minimum Gasteiger partial charge on any atom is -0.495 e. The minimum atomic E-state index is -0.795. The highest BCUT2D eigenvalue weighted by atomic mass is 16.5. The maximum Gasteiger partial charge on any atom is 0.329 e. The van der Waals surface area contributed by atoms with Gasteiger partial charge in [-0.2, -0.15) is 5.10 Å². The van der Waals surface area contributed by atoms with E-state index in [9.17, 15) is 14.4 Å². The first-order valence-corrected chi connectivity index (χ1v) is 12.5. The number of ether oxygens (including phenoxy) is 2. The summed E-state index contributed by atoms with van der Waals surface area (Å²) >= 11 is 0. The fourth-order valence-electron chi connectivity index (χ4n) is 4.03. The number of carbonyl (C=O) groups is 3. The number of carbonyl (C=O) groups excluding carboxylic acids is 3. The van der Waals surface area contributed by atoms with Crippen molar-refractivity contribution in [2.24, 2.45) is 5.10 Å². The van der Waals surface area contributed by atoms with Crippen LogP contribution in [0.5, 0.6) is 11.5 Å². The number of amides is 3. The molecule has 0 atom stereocenters. The number of aryl methyl sites for hydroxylation is 1. The molecule has 4 rings (SSSR count). The van der Waals surface area contributed by atoms with Gasteiger partial charge >= 0.3 is 11.8 Å². The number of hydrogen-bond donors (Lipinski definition) is 2. The first-order valence-electron chi connectivity index (χ1n) is 12.5. The van der Waals surface area contributed by atoms with Crippen molar-refractivity contribution in [2.75, 3.05) is 50.1 Å². The molecular weight excluding hydrogens is 498 g/mol. The highest BCUT2D eigenvalue weighted by Gasteiger charge is 2.26. The fraction of sp³-hybridized carbons (Fsp3) is 0.241. The monoisotopic (exact) mass is 529 g/mol. The third-order valence-corrected chi connectivity index (χ3v) is 6.15. The van der Waals surface area contributed by atoms with Gasteiger partial charge in [0.05, 0.1) is 19.0 Å². The molecule has 0 radical (unpaired) electrons. The van der Waals surface area contributed by atoms with Crippen molar-refractivity contribution in [1.29, 1.82) is 0 Å². The fourth-order valence-corrected chi connectivity index (χ4v) is 4.03. The van der Waals surface area contributed by atoms with E-state index in [4.69, 9.17) is 9.47 Å². The predicted molar refractivity (Wildman–Crippen MR) is 149 cm³/mol. The summed E-state index contributed by atoms with van der Waals surface area (Å²) in [5.41, 5.74) is 5.75. The first kappa shape index (κ1) is 27.2. The SMILES string of the molecule is COc1ccccc1N1CCN(C(=O)C(=O)N/N=C\c2ccc(OCC(=O)Nc3ccc(C)cc3)cc2)CC1. The second-order valence-corrected chi connectivity index (χ2v) is 8.92. The van der Waals surface area contributed by atoms with Gasteiger partial charge < -0.3 is 24.6 Å². The van der Waals surface area contributed by atoms with Gasteiger partial charge in [-0.25, -0.2) is 5.43 Å². The molecule has 0 spiro atoms. The van der Waals surface area contributed by atoms with Crippen molar-refractivity contribution in [1.82, 2.24) is 10.3 Å². The lowest BCUT2D eigenvalue weighted by Crippen LogP contribution is -2.52. The Balaban J connectivity index is 1.19. The maximum absolute atomic E-state index is 12.6. The lowest BCUT2D eigenvalue weighted by molar-refractivity contribution is -0.146. The molecule has 0 bridgehead atoms. The lowest BCUT2D eigenvalue weighted by Gasteiger charge is -2.36. The number of nitrogens with zero attached hydrogens (tertiary/aromatic N) is 3. The summed E-state index contributed by atoms with van der Waals surface area (Å²) < 4.78 is 10.9. The van der Waals surface area contributed by atoms with Gasteiger partial charge in [-0.1, -0.05) is 29.8 Å². The van der Waals surface area contributed by atoms with Crippen molar-refractivity contribution < 1.29 is 23.9 Å². The van der Waals surface area contributed by atoms with Crippen LogP contribution in [0, 0.1) is 6.92 Å². The number of hydrogen-bond acceptors (Lipinski definition) is 7. The summed E-state index contributed by atoms with van der Waals surface area (Å²) in [7, 11) is 1.63. The van der Waals surface area contributed by atoms with E-state index in [-0.39, 0.29) is 12.5 Å². The summed E-state index contributed by atoms with van der Waals surface area (Å²) in [4.78, 5) is 40.6. The van der Waals surface area contributed by atoms with Gasteiger partial charge in [0.15, 0.2) is 6.61 Å². The minimum absolute atomic E-state index is 0.132. The molecule has 0 saturated carbocycles. The Hall–Kier alpha value is -4.86. The van der Waals surface area contributed by atoms with Gasteiger partial charge in [0, 0.05) is 31.9 Å². The normalized spacial score (nSPS) is 13.2. The molecule has 3 amide bonds. The van der Waals surface area contributed by atoms with Crippen LogP contribution in [0.2, 0.25) is 0 Å². The van der Waals surface area contributed by atoms with Crippen LogP contribution < -0.4 is 25.1 Å². The molecular formula is C29H31N5O5. The summed E-state index contributed by atoms with van der Waals surface area (Å²) in [5, 5.41) is 6.67. The Labute approximate surface area is 227 Å². The van der Waals surface area contributed by atoms with Gasteiger partial charge in [-0.15, -0.1) is 0 Å². The Morgan fingerprint density at radius 1 is 0.923 bits per heavy atom. The third-order valence-electron chi connectivity index (χ3n) is 6.15. The average molecular weight is 530 g/mol. The molecule has 0 aromatic heterocycles. The molecule has 10 nitrogen and oxygen atoms in total. The van der Waals surface area contributed by atoms with Crippen LogP contribution in [-0.4, -0.2) is 68.7 Å². The van der Waals surface area contributed by atoms with Gasteiger partial charge in [-0.3, -0.25) is 14.4 Å².